The number of nitrogens with one attached hydrogen (secondary N) is 1. The predicted octanol–water partition coefficient (Wildman–Crippen LogP) is 4.49. The Bertz CT molecular complexity index is 667. The van der Waals surface area contributed by atoms with Crippen LogP contribution in [0, 0.1) is 0 Å². The third-order valence-electron chi connectivity index (χ3n) is 3.25. The number of carbonyl (C=O) groups is 1. The summed E-state index contributed by atoms with van der Waals surface area (Å²) in [6.45, 7) is 2.42. The molecule has 0 aliphatic carbocycles. The highest BCUT2D eigenvalue weighted by Crippen LogP contribution is 2.27. The topological polar surface area (TPSA) is 47.6 Å². The minimum atomic E-state index is -0.190. The van der Waals surface area contributed by atoms with Gasteiger partial charge in [0.25, 0.3) is 0 Å². The number of rotatable bonds is 8. The molecule has 1 amide bonds. The molecule has 1 atom stereocenters. The quantitative estimate of drug-likeness (QED) is 0.700. The second-order valence-electron chi connectivity index (χ2n) is 5.01. The summed E-state index contributed by atoms with van der Waals surface area (Å²) < 4.78 is 10.7. The molecule has 0 aliphatic rings. The maximum Gasteiger partial charge on any atom is 0.237 e. The third-order valence-corrected chi connectivity index (χ3v) is 4.66. The first kappa shape index (κ1) is 18.5. The van der Waals surface area contributed by atoms with Crippen molar-refractivity contribution in [2.24, 2.45) is 0 Å². The fourth-order valence-corrected chi connectivity index (χ4v) is 2.97. The minimum Gasteiger partial charge on any atom is -0.495 e. The Morgan fingerprint density at radius 2 is 2.00 bits per heavy atom. The SMILES string of the molecule is COc1ccc(NC(=O)C(C)SCCOc2ccccc2)cc1Cl. The van der Waals surface area contributed by atoms with Crippen molar-refractivity contribution in [2.75, 3.05) is 24.8 Å². The second-order valence-corrected chi connectivity index (χ2v) is 6.87. The van der Waals surface area contributed by atoms with Gasteiger partial charge in [0.1, 0.15) is 11.5 Å². The molecule has 128 valence electrons. The van der Waals surface area contributed by atoms with E-state index in [0.717, 1.165) is 11.5 Å². The molecule has 1 N–H and O–H groups in total. The maximum absolute atomic E-state index is 12.2. The molecule has 24 heavy (non-hydrogen) atoms. The molecule has 0 bridgehead atoms. The molecular formula is C18H20ClNO3S. The summed E-state index contributed by atoms with van der Waals surface area (Å²) in [6.07, 6.45) is 0. The number of carbonyl (C=O) groups excluding carboxylic acids is 1. The van der Waals surface area contributed by atoms with Gasteiger partial charge in [-0.3, -0.25) is 4.79 Å². The summed E-state index contributed by atoms with van der Waals surface area (Å²) in [5, 5.41) is 3.13. The zero-order valence-electron chi connectivity index (χ0n) is 13.6. The highest BCUT2D eigenvalue weighted by molar-refractivity contribution is 8.00. The zero-order valence-corrected chi connectivity index (χ0v) is 15.2. The van der Waals surface area contributed by atoms with Gasteiger partial charge in [0, 0.05) is 11.4 Å². The van der Waals surface area contributed by atoms with Gasteiger partial charge in [0.15, 0.2) is 0 Å². The Hall–Kier alpha value is -1.85. The van der Waals surface area contributed by atoms with Crippen molar-refractivity contribution < 1.29 is 14.3 Å². The van der Waals surface area contributed by atoms with E-state index in [0.29, 0.717) is 23.1 Å². The van der Waals surface area contributed by atoms with Crippen LogP contribution in [0.25, 0.3) is 0 Å². The minimum absolute atomic E-state index is 0.0686. The van der Waals surface area contributed by atoms with Crippen molar-refractivity contribution in [2.45, 2.75) is 12.2 Å². The fraction of sp³-hybridized carbons (Fsp3) is 0.278. The van der Waals surface area contributed by atoms with Gasteiger partial charge in [-0.05, 0) is 37.3 Å². The van der Waals surface area contributed by atoms with Gasteiger partial charge in [-0.1, -0.05) is 29.8 Å². The van der Waals surface area contributed by atoms with Gasteiger partial charge in [-0.25, -0.2) is 0 Å². The summed E-state index contributed by atoms with van der Waals surface area (Å²) >= 11 is 7.60. The molecule has 0 heterocycles. The van der Waals surface area contributed by atoms with E-state index in [9.17, 15) is 4.79 Å². The Labute approximate surface area is 151 Å². The number of thioether (sulfide) groups is 1. The van der Waals surface area contributed by atoms with Crippen molar-refractivity contribution in [3.8, 4) is 11.5 Å². The summed E-state index contributed by atoms with van der Waals surface area (Å²) in [5.74, 6) is 2.08. The Kier molecular flexibility index (Phi) is 7.28. The number of methoxy groups -OCH3 is 1. The second kappa shape index (κ2) is 9.45. The maximum atomic E-state index is 12.2. The van der Waals surface area contributed by atoms with Gasteiger partial charge < -0.3 is 14.8 Å². The number of benzene rings is 2. The molecule has 0 aliphatic heterocycles. The highest BCUT2D eigenvalue weighted by Gasteiger charge is 2.14. The van der Waals surface area contributed by atoms with Crippen molar-refractivity contribution in [1.29, 1.82) is 0 Å². The smallest absolute Gasteiger partial charge is 0.237 e. The van der Waals surface area contributed by atoms with E-state index in [1.165, 1.54) is 0 Å². The van der Waals surface area contributed by atoms with Gasteiger partial charge >= 0.3 is 0 Å². The molecule has 1 unspecified atom stereocenters. The van der Waals surface area contributed by atoms with Crippen LogP contribution >= 0.6 is 23.4 Å². The number of ether oxygens (including phenoxy) is 2. The van der Waals surface area contributed by atoms with Gasteiger partial charge in [0.05, 0.1) is 24.0 Å². The molecule has 0 spiro atoms. The van der Waals surface area contributed by atoms with Crippen LogP contribution in [0.15, 0.2) is 48.5 Å². The average Bonchev–Trinajstić information content (AvgIpc) is 2.59. The summed E-state index contributed by atoms with van der Waals surface area (Å²) in [5.41, 5.74) is 0.652. The van der Waals surface area contributed by atoms with Crippen molar-refractivity contribution in [3.63, 3.8) is 0 Å². The number of anilines is 1. The number of halogens is 1. The molecule has 2 rings (SSSR count). The van der Waals surface area contributed by atoms with E-state index in [4.69, 9.17) is 21.1 Å². The van der Waals surface area contributed by atoms with Crippen molar-refractivity contribution in [3.05, 3.63) is 53.6 Å². The van der Waals surface area contributed by atoms with Crippen molar-refractivity contribution >= 4 is 35.0 Å². The molecule has 0 radical (unpaired) electrons. The third kappa shape index (κ3) is 5.65. The molecular weight excluding hydrogens is 346 g/mol. The predicted molar refractivity (Wildman–Crippen MR) is 100 cm³/mol. The number of amides is 1. The molecule has 0 aromatic heterocycles. The zero-order chi connectivity index (χ0) is 17.4. The lowest BCUT2D eigenvalue weighted by molar-refractivity contribution is -0.115. The van der Waals surface area contributed by atoms with Crippen LogP contribution in [0.5, 0.6) is 11.5 Å². The Balaban J connectivity index is 1.74. The van der Waals surface area contributed by atoms with Crippen molar-refractivity contribution in [1.82, 2.24) is 0 Å². The van der Waals surface area contributed by atoms with Crippen LogP contribution in [-0.4, -0.2) is 30.6 Å². The summed E-state index contributed by atoms with van der Waals surface area (Å²) in [4.78, 5) is 12.2. The fourth-order valence-electron chi connectivity index (χ4n) is 1.96. The molecule has 0 fully saturated rings. The van der Waals surface area contributed by atoms with Crippen LogP contribution in [0.4, 0.5) is 5.69 Å². The first-order valence-electron chi connectivity index (χ1n) is 7.54. The molecule has 0 saturated carbocycles. The Morgan fingerprint density at radius 1 is 1.25 bits per heavy atom. The molecule has 4 nitrogen and oxygen atoms in total. The highest BCUT2D eigenvalue weighted by atomic mass is 35.5. The van der Waals surface area contributed by atoms with E-state index >= 15 is 0 Å². The lowest BCUT2D eigenvalue weighted by Gasteiger charge is -2.13. The summed E-state index contributed by atoms with van der Waals surface area (Å²) in [6, 6.07) is 14.8. The molecule has 2 aromatic carbocycles. The van der Waals surface area contributed by atoms with Gasteiger partial charge in [-0.15, -0.1) is 11.8 Å². The van der Waals surface area contributed by atoms with E-state index in [-0.39, 0.29) is 11.2 Å². The molecule has 0 saturated heterocycles. The largest absolute Gasteiger partial charge is 0.495 e. The normalized spacial score (nSPS) is 11.6. The molecule has 6 heteroatoms. The van der Waals surface area contributed by atoms with Gasteiger partial charge in [-0.2, -0.15) is 0 Å². The Morgan fingerprint density at radius 3 is 2.67 bits per heavy atom. The number of hydrogen-bond donors (Lipinski definition) is 1. The first-order valence-corrected chi connectivity index (χ1v) is 8.96. The lowest BCUT2D eigenvalue weighted by atomic mass is 10.3. The van der Waals surface area contributed by atoms with Crippen LogP contribution < -0.4 is 14.8 Å². The monoisotopic (exact) mass is 365 g/mol. The van der Waals surface area contributed by atoms with E-state index in [1.54, 1.807) is 37.1 Å². The van der Waals surface area contributed by atoms with Gasteiger partial charge in [0.2, 0.25) is 5.91 Å². The van der Waals surface area contributed by atoms with Crippen LogP contribution in [0.1, 0.15) is 6.92 Å². The average molecular weight is 366 g/mol. The van der Waals surface area contributed by atoms with Crippen LogP contribution in [0.3, 0.4) is 0 Å². The number of para-hydroxylation sites is 1. The number of hydrogen-bond acceptors (Lipinski definition) is 4. The van der Waals surface area contributed by atoms with Crippen LogP contribution in [0.2, 0.25) is 5.02 Å². The standard InChI is InChI=1S/C18H20ClNO3S/c1-13(24-11-10-23-15-6-4-3-5-7-15)18(21)20-14-8-9-17(22-2)16(19)12-14/h3-9,12-13H,10-11H2,1-2H3,(H,20,21). The van der Waals surface area contributed by atoms with E-state index in [1.807, 2.05) is 37.3 Å². The summed E-state index contributed by atoms with van der Waals surface area (Å²) in [7, 11) is 1.55. The van der Waals surface area contributed by atoms with E-state index in [2.05, 4.69) is 5.32 Å². The lowest BCUT2D eigenvalue weighted by Crippen LogP contribution is -2.23. The first-order chi connectivity index (χ1) is 11.6. The van der Waals surface area contributed by atoms with E-state index < -0.39 is 0 Å². The molecule has 2 aromatic rings. The van der Waals surface area contributed by atoms with Crippen LogP contribution in [-0.2, 0) is 4.79 Å².